The highest BCUT2D eigenvalue weighted by Gasteiger charge is 2.21. The van der Waals surface area contributed by atoms with E-state index in [4.69, 9.17) is 9.52 Å². The van der Waals surface area contributed by atoms with Crippen molar-refractivity contribution >= 4 is 11.7 Å². The molecule has 0 aliphatic heterocycles. The Morgan fingerprint density at radius 1 is 1.48 bits per heavy atom. The Labute approximate surface area is 120 Å². The molecule has 0 saturated heterocycles. The van der Waals surface area contributed by atoms with Gasteiger partial charge in [0.05, 0.1) is 10.6 Å². The quantitative estimate of drug-likeness (QED) is 0.669. The van der Waals surface area contributed by atoms with Crippen molar-refractivity contribution in [2.45, 2.75) is 20.3 Å². The minimum atomic E-state index is -1.20. The van der Waals surface area contributed by atoms with Gasteiger partial charge in [-0.15, -0.1) is 0 Å². The molecular formula is C14H14N2O5. The monoisotopic (exact) mass is 290 g/mol. The Morgan fingerprint density at radius 3 is 2.76 bits per heavy atom. The highest BCUT2D eigenvalue weighted by atomic mass is 16.6. The molecule has 1 heterocycles. The van der Waals surface area contributed by atoms with Gasteiger partial charge in [0, 0.05) is 17.7 Å². The van der Waals surface area contributed by atoms with Crippen LogP contribution in [-0.4, -0.2) is 21.0 Å². The minimum absolute atomic E-state index is 0.0757. The zero-order chi connectivity index (χ0) is 15.6. The molecule has 0 saturated carbocycles. The number of carbonyl (C=O) groups is 1. The maximum atomic E-state index is 11.2. The first kappa shape index (κ1) is 14.7. The lowest BCUT2D eigenvalue weighted by atomic mass is 10.1. The summed E-state index contributed by atoms with van der Waals surface area (Å²) in [7, 11) is 0. The Morgan fingerprint density at radius 2 is 2.19 bits per heavy atom. The predicted molar refractivity (Wildman–Crippen MR) is 74.1 cm³/mol. The van der Waals surface area contributed by atoms with Crippen LogP contribution in [0.5, 0.6) is 0 Å². The molecule has 0 radical (unpaired) electrons. The predicted octanol–water partition coefficient (Wildman–Crippen LogP) is 3.15. The number of nitro benzene ring substituents is 1. The molecular weight excluding hydrogens is 276 g/mol. The van der Waals surface area contributed by atoms with Crippen LogP contribution in [-0.2, 0) is 6.42 Å². The van der Waals surface area contributed by atoms with Crippen LogP contribution in [0.4, 0.5) is 5.69 Å². The molecule has 2 aromatic rings. The van der Waals surface area contributed by atoms with E-state index in [1.165, 1.54) is 18.2 Å². The third-order valence-corrected chi connectivity index (χ3v) is 2.80. The second-order valence-corrected chi connectivity index (χ2v) is 5.01. The number of rotatable bonds is 5. The molecule has 2 rings (SSSR count). The summed E-state index contributed by atoms with van der Waals surface area (Å²) in [5.74, 6) is -1.13. The summed E-state index contributed by atoms with van der Waals surface area (Å²) in [6.45, 7) is 3.88. The van der Waals surface area contributed by atoms with Gasteiger partial charge >= 0.3 is 5.97 Å². The van der Waals surface area contributed by atoms with Crippen molar-refractivity contribution in [3.63, 3.8) is 0 Å². The molecule has 0 unspecified atom stereocenters. The summed E-state index contributed by atoms with van der Waals surface area (Å²) in [5, 5.41) is 19.9. The molecule has 0 amide bonds. The molecule has 1 aromatic carbocycles. The van der Waals surface area contributed by atoms with E-state index in [0.717, 1.165) is 0 Å². The summed E-state index contributed by atoms with van der Waals surface area (Å²) in [6.07, 6.45) is 0.458. The second-order valence-electron chi connectivity index (χ2n) is 5.01. The van der Waals surface area contributed by atoms with Crippen LogP contribution in [0.15, 0.2) is 28.7 Å². The van der Waals surface area contributed by atoms with Crippen molar-refractivity contribution in [1.82, 2.24) is 4.98 Å². The van der Waals surface area contributed by atoms with Crippen molar-refractivity contribution in [3.8, 4) is 11.5 Å². The molecule has 21 heavy (non-hydrogen) atoms. The summed E-state index contributed by atoms with van der Waals surface area (Å²) in [4.78, 5) is 25.6. The third kappa shape index (κ3) is 3.25. The van der Waals surface area contributed by atoms with Gasteiger partial charge in [-0.05, 0) is 18.4 Å². The highest BCUT2D eigenvalue weighted by Crippen LogP contribution is 2.26. The van der Waals surface area contributed by atoms with Gasteiger partial charge in [0.1, 0.15) is 0 Å². The number of aromatic nitrogens is 1. The lowest BCUT2D eigenvalue weighted by molar-refractivity contribution is -0.384. The number of aromatic carboxylic acids is 1. The highest BCUT2D eigenvalue weighted by molar-refractivity contribution is 5.86. The first-order valence-corrected chi connectivity index (χ1v) is 6.36. The fourth-order valence-electron chi connectivity index (χ4n) is 1.92. The average Bonchev–Trinajstić information content (AvgIpc) is 2.82. The smallest absolute Gasteiger partial charge is 0.373 e. The van der Waals surface area contributed by atoms with E-state index in [0.29, 0.717) is 17.7 Å². The average molecular weight is 290 g/mol. The topological polar surface area (TPSA) is 106 Å². The van der Waals surface area contributed by atoms with Crippen LogP contribution in [0.2, 0.25) is 0 Å². The number of oxazole rings is 1. The number of hydrogen-bond acceptors (Lipinski definition) is 5. The van der Waals surface area contributed by atoms with Crippen LogP contribution >= 0.6 is 0 Å². The molecule has 0 spiro atoms. The number of nitrogens with zero attached hydrogens (tertiary/aromatic N) is 2. The van der Waals surface area contributed by atoms with Gasteiger partial charge < -0.3 is 9.52 Å². The van der Waals surface area contributed by atoms with E-state index in [-0.39, 0.29) is 23.3 Å². The van der Waals surface area contributed by atoms with Gasteiger partial charge in [-0.1, -0.05) is 19.9 Å². The summed E-state index contributed by atoms with van der Waals surface area (Å²) >= 11 is 0. The van der Waals surface area contributed by atoms with Crippen molar-refractivity contribution in [2.75, 3.05) is 0 Å². The molecule has 110 valence electrons. The third-order valence-electron chi connectivity index (χ3n) is 2.80. The number of carboxylic acid groups (broad SMARTS) is 1. The Kier molecular flexibility index (Phi) is 4.02. The van der Waals surface area contributed by atoms with Gasteiger partial charge in [0.15, 0.2) is 0 Å². The van der Waals surface area contributed by atoms with Gasteiger partial charge in [-0.3, -0.25) is 10.1 Å². The van der Waals surface area contributed by atoms with E-state index in [1.807, 2.05) is 13.8 Å². The van der Waals surface area contributed by atoms with Crippen LogP contribution < -0.4 is 0 Å². The van der Waals surface area contributed by atoms with E-state index in [2.05, 4.69) is 4.98 Å². The second kappa shape index (κ2) is 5.74. The van der Waals surface area contributed by atoms with Gasteiger partial charge in [0.25, 0.3) is 5.69 Å². The number of non-ortho nitro benzene ring substituents is 1. The lowest BCUT2D eigenvalue weighted by Crippen LogP contribution is -2.03. The van der Waals surface area contributed by atoms with Crippen molar-refractivity contribution in [1.29, 1.82) is 0 Å². The number of hydrogen-bond donors (Lipinski definition) is 1. The first-order chi connectivity index (χ1) is 9.88. The standard InChI is InChI=1S/C14H14N2O5/c1-8(2)6-11-12(14(17)18)21-13(15-11)9-4-3-5-10(7-9)16(19)20/h3-5,7-8H,6H2,1-2H3,(H,17,18). The number of benzene rings is 1. The molecule has 1 N–H and O–H groups in total. The van der Waals surface area contributed by atoms with Crippen molar-refractivity contribution in [2.24, 2.45) is 5.92 Å². The fraction of sp³-hybridized carbons (Fsp3) is 0.286. The van der Waals surface area contributed by atoms with E-state index in [1.54, 1.807) is 6.07 Å². The van der Waals surface area contributed by atoms with Crippen LogP contribution in [0.3, 0.4) is 0 Å². The molecule has 0 atom stereocenters. The molecule has 1 aromatic heterocycles. The zero-order valence-corrected chi connectivity index (χ0v) is 11.6. The van der Waals surface area contributed by atoms with Gasteiger partial charge in [0.2, 0.25) is 11.7 Å². The zero-order valence-electron chi connectivity index (χ0n) is 11.6. The number of nitro groups is 1. The van der Waals surface area contributed by atoms with Gasteiger partial charge in [-0.25, -0.2) is 9.78 Å². The van der Waals surface area contributed by atoms with Crippen molar-refractivity contribution in [3.05, 3.63) is 45.8 Å². The summed E-state index contributed by atoms with van der Waals surface area (Å²) < 4.78 is 5.26. The van der Waals surface area contributed by atoms with Crippen LogP contribution in [0, 0.1) is 16.0 Å². The first-order valence-electron chi connectivity index (χ1n) is 6.36. The largest absolute Gasteiger partial charge is 0.475 e. The van der Waals surface area contributed by atoms with E-state index < -0.39 is 10.9 Å². The Balaban J connectivity index is 2.47. The fourth-order valence-corrected chi connectivity index (χ4v) is 1.92. The minimum Gasteiger partial charge on any atom is -0.475 e. The van der Waals surface area contributed by atoms with Crippen LogP contribution in [0.1, 0.15) is 30.1 Å². The molecule has 7 nitrogen and oxygen atoms in total. The maximum absolute atomic E-state index is 11.2. The van der Waals surface area contributed by atoms with E-state index in [9.17, 15) is 14.9 Å². The Hall–Kier alpha value is -2.70. The Bertz CT molecular complexity index is 690. The van der Waals surface area contributed by atoms with Crippen LogP contribution in [0.25, 0.3) is 11.5 Å². The summed E-state index contributed by atoms with van der Waals surface area (Å²) in [6, 6.07) is 5.74. The molecule has 0 aliphatic carbocycles. The number of carboxylic acids is 1. The lowest BCUT2D eigenvalue weighted by Gasteiger charge is -2.00. The normalized spacial score (nSPS) is 10.8. The SMILES string of the molecule is CC(C)Cc1nc(-c2cccc([N+](=O)[O-])c2)oc1C(=O)O. The molecule has 7 heteroatoms. The van der Waals surface area contributed by atoms with E-state index >= 15 is 0 Å². The van der Waals surface area contributed by atoms with Gasteiger partial charge in [-0.2, -0.15) is 0 Å². The summed E-state index contributed by atoms with van der Waals surface area (Å²) in [5.41, 5.74) is 0.619. The maximum Gasteiger partial charge on any atom is 0.373 e. The molecule has 0 bridgehead atoms. The molecule has 0 aliphatic rings. The van der Waals surface area contributed by atoms with Crippen molar-refractivity contribution < 1.29 is 19.2 Å². The molecule has 0 fully saturated rings.